The predicted octanol–water partition coefficient (Wildman–Crippen LogP) is 2.04. The second kappa shape index (κ2) is 7.14. The molecule has 1 heterocycles. The van der Waals surface area contributed by atoms with E-state index in [4.69, 9.17) is 5.11 Å². The number of aliphatic imine (C=N–C) groups is 1. The zero-order valence-corrected chi connectivity index (χ0v) is 11.3. The van der Waals surface area contributed by atoms with Gasteiger partial charge in [-0.15, -0.1) is 0 Å². The van der Waals surface area contributed by atoms with Crippen LogP contribution in [-0.2, 0) is 4.79 Å². The van der Waals surface area contributed by atoms with Crippen molar-refractivity contribution in [2.24, 2.45) is 10.9 Å². The number of carboxylic acids is 1. The molecule has 0 radical (unpaired) electrons. The summed E-state index contributed by atoms with van der Waals surface area (Å²) in [4.78, 5) is 17.4. The van der Waals surface area contributed by atoms with Gasteiger partial charge in [-0.05, 0) is 37.1 Å². The van der Waals surface area contributed by atoms with E-state index in [2.05, 4.69) is 9.89 Å². The molecule has 1 aromatic carbocycles. The van der Waals surface area contributed by atoms with E-state index in [1.165, 1.54) is 12.1 Å². The van der Waals surface area contributed by atoms with Crippen LogP contribution in [0.5, 0.6) is 0 Å². The van der Waals surface area contributed by atoms with E-state index in [0.29, 0.717) is 13.1 Å². The fourth-order valence-corrected chi connectivity index (χ4v) is 2.42. The van der Waals surface area contributed by atoms with Crippen LogP contribution in [0.25, 0.3) is 0 Å². The SMILES string of the molecule is O=C(O)C1CCCN(CCN=Cc2cccc(F)c2)C1. The lowest BCUT2D eigenvalue weighted by Crippen LogP contribution is -2.39. The van der Waals surface area contributed by atoms with Crippen LogP contribution in [0.2, 0.25) is 0 Å². The summed E-state index contributed by atoms with van der Waals surface area (Å²) in [7, 11) is 0. The smallest absolute Gasteiger partial charge is 0.307 e. The second-order valence-corrected chi connectivity index (χ2v) is 5.07. The van der Waals surface area contributed by atoms with Crippen LogP contribution in [0.15, 0.2) is 29.3 Å². The van der Waals surface area contributed by atoms with E-state index in [1.807, 2.05) is 0 Å². The van der Waals surface area contributed by atoms with Gasteiger partial charge in [-0.3, -0.25) is 9.79 Å². The fourth-order valence-electron chi connectivity index (χ4n) is 2.42. The molecule has 5 heteroatoms. The fraction of sp³-hybridized carbons (Fsp3) is 0.467. The van der Waals surface area contributed by atoms with Crippen molar-refractivity contribution in [2.45, 2.75) is 12.8 Å². The molecule has 1 aliphatic heterocycles. The second-order valence-electron chi connectivity index (χ2n) is 5.07. The Labute approximate surface area is 117 Å². The summed E-state index contributed by atoms with van der Waals surface area (Å²) in [6.07, 6.45) is 3.34. The van der Waals surface area contributed by atoms with E-state index in [1.54, 1.807) is 18.3 Å². The van der Waals surface area contributed by atoms with Crippen LogP contribution in [0.3, 0.4) is 0 Å². The Morgan fingerprint density at radius 3 is 3.15 bits per heavy atom. The molecule has 20 heavy (non-hydrogen) atoms. The molecule has 1 N–H and O–H groups in total. The number of likely N-dealkylation sites (tertiary alicyclic amines) is 1. The lowest BCUT2D eigenvalue weighted by molar-refractivity contribution is -0.143. The predicted molar refractivity (Wildman–Crippen MR) is 75.7 cm³/mol. The van der Waals surface area contributed by atoms with Crippen molar-refractivity contribution in [2.75, 3.05) is 26.2 Å². The Balaban J connectivity index is 1.76. The molecule has 1 aromatic rings. The molecular formula is C15H19FN2O2. The molecule has 0 bridgehead atoms. The summed E-state index contributed by atoms with van der Waals surface area (Å²) in [6, 6.07) is 6.29. The number of rotatable bonds is 5. The van der Waals surface area contributed by atoms with Crippen LogP contribution in [0.1, 0.15) is 18.4 Å². The first-order valence-corrected chi connectivity index (χ1v) is 6.86. The molecule has 2 rings (SSSR count). The van der Waals surface area contributed by atoms with Gasteiger partial charge >= 0.3 is 5.97 Å². The third-order valence-electron chi connectivity index (χ3n) is 3.49. The number of carboxylic acid groups (broad SMARTS) is 1. The zero-order chi connectivity index (χ0) is 14.4. The van der Waals surface area contributed by atoms with Crippen LogP contribution in [0.4, 0.5) is 4.39 Å². The minimum atomic E-state index is -0.710. The molecule has 0 aliphatic carbocycles. The highest BCUT2D eigenvalue weighted by Gasteiger charge is 2.24. The third kappa shape index (κ3) is 4.42. The number of nitrogens with zero attached hydrogens (tertiary/aromatic N) is 2. The molecule has 0 aromatic heterocycles. The molecule has 1 aliphatic rings. The number of hydrogen-bond acceptors (Lipinski definition) is 3. The summed E-state index contributed by atoms with van der Waals surface area (Å²) in [5.74, 6) is -1.23. The van der Waals surface area contributed by atoms with Crippen molar-refractivity contribution in [3.63, 3.8) is 0 Å². The average molecular weight is 278 g/mol. The highest BCUT2D eigenvalue weighted by Crippen LogP contribution is 2.16. The zero-order valence-electron chi connectivity index (χ0n) is 11.3. The van der Waals surface area contributed by atoms with E-state index in [9.17, 15) is 9.18 Å². The number of piperidine rings is 1. The van der Waals surface area contributed by atoms with Gasteiger partial charge in [0.05, 0.1) is 12.5 Å². The summed E-state index contributed by atoms with van der Waals surface area (Å²) < 4.78 is 13.0. The molecule has 1 unspecified atom stereocenters. The highest BCUT2D eigenvalue weighted by molar-refractivity contribution is 5.79. The van der Waals surface area contributed by atoms with Gasteiger partial charge in [0.2, 0.25) is 0 Å². The van der Waals surface area contributed by atoms with Crippen molar-refractivity contribution in [1.29, 1.82) is 0 Å². The summed E-state index contributed by atoms with van der Waals surface area (Å²) in [5.41, 5.74) is 0.743. The van der Waals surface area contributed by atoms with Crippen molar-refractivity contribution in [3.8, 4) is 0 Å². The molecule has 0 spiro atoms. The minimum absolute atomic E-state index is 0.254. The van der Waals surface area contributed by atoms with Gasteiger partial charge in [0.25, 0.3) is 0 Å². The summed E-state index contributed by atoms with van der Waals surface area (Å²) in [6.45, 7) is 2.88. The maximum Gasteiger partial charge on any atom is 0.307 e. The first-order chi connectivity index (χ1) is 9.65. The lowest BCUT2D eigenvalue weighted by Gasteiger charge is -2.29. The monoisotopic (exact) mass is 278 g/mol. The van der Waals surface area contributed by atoms with Gasteiger partial charge < -0.3 is 10.0 Å². The quantitative estimate of drug-likeness (QED) is 0.839. The number of carbonyl (C=O) groups is 1. The maximum absolute atomic E-state index is 13.0. The van der Waals surface area contributed by atoms with Crippen molar-refractivity contribution in [1.82, 2.24) is 4.90 Å². The number of halogens is 1. The molecule has 108 valence electrons. The number of hydrogen-bond donors (Lipinski definition) is 1. The summed E-state index contributed by atoms with van der Waals surface area (Å²) >= 11 is 0. The van der Waals surface area contributed by atoms with E-state index < -0.39 is 5.97 Å². The van der Waals surface area contributed by atoms with Crippen LogP contribution < -0.4 is 0 Å². The Morgan fingerprint density at radius 1 is 1.55 bits per heavy atom. The van der Waals surface area contributed by atoms with Gasteiger partial charge in [0.1, 0.15) is 5.82 Å². The number of benzene rings is 1. The van der Waals surface area contributed by atoms with Crippen molar-refractivity contribution >= 4 is 12.2 Å². The van der Waals surface area contributed by atoms with E-state index in [0.717, 1.165) is 31.5 Å². The van der Waals surface area contributed by atoms with E-state index >= 15 is 0 Å². The molecule has 1 atom stereocenters. The Morgan fingerprint density at radius 2 is 2.40 bits per heavy atom. The Kier molecular flexibility index (Phi) is 5.24. The first kappa shape index (κ1) is 14.7. The molecule has 0 saturated carbocycles. The van der Waals surface area contributed by atoms with Gasteiger partial charge in [-0.25, -0.2) is 4.39 Å². The standard InChI is InChI=1S/C15H19FN2O2/c16-14-5-1-3-12(9-14)10-17-6-8-18-7-2-4-13(11-18)15(19)20/h1,3,5,9-10,13H,2,4,6-8,11H2,(H,19,20). The van der Waals surface area contributed by atoms with Crippen LogP contribution in [-0.4, -0.2) is 48.4 Å². The van der Waals surface area contributed by atoms with Gasteiger partial charge in [0.15, 0.2) is 0 Å². The lowest BCUT2D eigenvalue weighted by atomic mass is 9.98. The van der Waals surface area contributed by atoms with Gasteiger partial charge in [-0.2, -0.15) is 0 Å². The third-order valence-corrected chi connectivity index (χ3v) is 3.49. The maximum atomic E-state index is 13.0. The Bertz CT molecular complexity index is 491. The van der Waals surface area contributed by atoms with Gasteiger partial charge in [0, 0.05) is 19.3 Å². The normalized spacial score (nSPS) is 20.4. The largest absolute Gasteiger partial charge is 0.481 e. The summed E-state index contributed by atoms with van der Waals surface area (Å²) in [5, 5.41) is 9.01. The van der Waals surface area contributed by atoms with Crippen LogP contribution in [0, 0.1) is 11.7 Å². The molecule has 0 amide bonds. The molecule has 4 nitrogen and oxygen atoms in total. The van der Waals surface area contributed by atoms with Crippen LogP contribution >= 0.6 is 0 Å². The first-order valence-electron chi connectivity index (χ1n) is 6.86. The number of aliphatic carboxylic acids is 1. The van der Waals surface area contributed by atoms with Gasteiger partial charge in [-0.1, -0.05) is 12.1 Å². The van der Waals surface area contributed by atoms with Crippen molar-refractivity contribution < 1.29 is 14.3 Å². The molecule has 1 fully saturated rings. The van der Waals surface area contributed by atoms with Crippen molar-refractivity contribution in [3.05, 3.63) is 35.6 Å². The Hall–Kier alpha value is -1.75. The molecular weight excluding hydrogens is 259 g/mol. The molecule has 1 saturated heterocycles. The minimum Gasteiger partial charge on any atom is -0.481 e. The van der Waals surface area contributed by atoms with E-state index in [-0.39, 0.29) is 11.7 Å². The highest BCUT2D eigenvalue weighted by atomic mass is 19.1. The average Bonchev–Trinajstić information content (AvgIpc) is 2.44. The topological polar surface area (TPSA) is 52.9 Å².